The molecule has 0 aliphatic carbocycles. The highest BCUT2D eigenvalue weighted by molar-refractivity contribution is 7.89. The fraction of sp³-hybridized carbons (Fsp3) is 0.462. The molecule has 8 heteroatoms. The van der Waals surface area contributed by atoms with Crippen LogP contribution in [-0.4, -0.2) is 36.5 Å². The summed E-state index contributed by atoms with van der Waals surface area (Å²) >= 11 is 1.60. The number of aliphatic hydroxyl groups excluding tert-OH is 1. The van der Waals surface area contributed by atoms with E-state index in [0.29, 0.717) is 19.4 Å². The molecule has 2 N–H and O–H groups in total. The third kappa shape index (κ3) is 4.37. The molecule has 0 saturated carbocycles. The maximum atomic E-state index is 12.1. The molecule has 0 bridgehead atoms. The molecular weight excluding hydrogens is 310 g/mol. The van der Waals surface area contributed by atoms with Gasteiger partial charge in [0.2, 0.25) is 10.0 Å². The second-order valence-electron chi connectivity index (χ2n) is 4.80. The van der Waals surface area contributed by atoms with Crippen LogP contribution >= 0.6 is 11.3 Å². The second kappa shape index (κ2) is 7.17. The Balaban J connectivity index is 1.93. The summed E-state index contributed by atoms with van der Waals surface area (Å²) in [5, 5.41) is 17.0. The predicted octanol–water partition coefficient (Wildman–Crippen LogP) is 1.32. The maximum Gasteiger partial charge on any atom is 0.243 e. The second-order valence-corrected chi connectivity index (χ2v) is 7.35. The zero-order valence-electron chi connectivity index (χ0n) is 11.8. The van der Waals surface area contributed by atoms with Crippen molar-refractivity contribution in [3.8, 4) is 0 Å². The van der Waals surface area contributed by atoms with E-state index in [-0.39, 0.29) is 17.4 Å². The molecule has 1 atom stereocenters. The third-order valence-corrected chi connectivity index (χ3v) is 5.39. The van der Waals surface area contributed by atoms with Gasteiger partial charge in [0.15, 0.2) is 0 Å². The Labute approximate surface area is 128 Å². The Kier molecular flexibility index (Phi) is 5.51. The first-order valence-electron chi connectivity index (χ1n) is 6.64. The van der Waals surface area contributed by atoms with Gasteiger partial charge in [0.05, 0.1) is 6.20 Å². The van der Waals surface area contributed by atoms with Crippen LogP contribution in [-0.2, 0) is 17.1 Å². The third-order valence-electron chi connectivity index (χ3n) is 3.27. The van der Waals surface area contributed by atoms with Crippen LogP contribution in [0.4, 0.5) is 0 Å². The Morgan fingerprint density at radius 2 is 2.29 bits per heavy atom. The van der Waals surface area contributed by atoms with Gasteiger partial charge in [0, 0.05) is 26.4 Å². The van der Waals surface area contributed by atoms with Crippen molar-refractivity contribution >= 4 is 21.4 Å². The number of hydrogen-bond donors (Lipinski definition) is 2. The summed E-state index contributed by atoms with van der Waals surface area (Å²) in [6, 6.07) is 2.01. The van der Waals surface area contributed by atoms with Crippen LogP contribution in [0.2, 0.25) is 0 Å². The first-order valence-corrected chi connectivity index (χ1v) is 9.07. The van der Waals surface area contributed by atoms with E-state index in [0.717, 1.165) is 5.56 Å². The molecule has 0 saturated heterocycles. The summed E-state index contributed by atoms with van der Waals surface area (Å²) in [6.45, 7) is 0.424. The lowest BCUT2D eigenvalue weighted by Gasteiger charge is -2.14. The van der Waals surface area contributed by atoms with Gasteiger partial charge in [-0.25, -0.2) is 13.1 Å². The Hall–Kier alpha value is -1.22. The largest absolute Gasteiger partial charge is 0.396 e. The van der Waals surface area contributed by atoms with Crippen molar-refractivity contribution < 1.29 is 13.5 Å². The fourth-order valence-electron chi connectivity index (χ4n) is 2.13. The summed E-state index contributed by atoms with van der Waals surface area (Å²) in [6.07, 6.45) is 4.07. The lowest BCUT2D eigenvalue weighted by atomic mass is 9.95. The molecule has 2 aromatic rings. The average molecular weight is 329 g/mol. The minimum absolute atomic E-state index is 0.0931. The number of nitrogens with zero attached hydrogens (tertiary/aromatic N) is 2. The summed E-state index contributed by atoms with van der Waals surface area (Å²) in [4.78, 5) is 0.166. The van der Waals surface area contributed by atoms with Crippen LogP contribution < -0.4 is 4.72 Å². The molecule has 6 nitrogen and oxygen atoms in total. The summed E-state index contributed by atoms with van der Waals surface area (Å²) in [5.41, 5.74) is 1.15. The van der Waals surface area contributed by atoms with E-state index in [1.54, 1.807) is 18.4 Å². The number of aromatic nitrogens is 2. The van der Waals surface area contributed by atoms with E-state index >= 15 is 0 Å². The lowest BCUT2D eigenvalue weighted by molar-refractivity contribution is 0.273. The normalized spacial score (nSPS) is 13.4. The van der Waals surface area contributed by atoms with Gasteiger partial charge < -0.3 is 5.11 Å². The van der Waals surface area contributed by atoms with Gasteiger partial charge in [-0.15, -0.1) is 0 Å². The van der Waals surface area contributed by atoms with Crippen molar-refractivity contribution in [2.24, 2.45) is 7.05 Å². The summed E-state index contributed by atoms with van der Waals surface area (Å²) in [7, 11) is -1.84. The standard InChI is InChI=1S/C13H19N3O3S2/c1-16-9-13(8-14-16)21(18,19)15-5-2-11(3-6-17)12-4-7-20-10-12/h4,7-11,15,17H,2-3,5-6H2,1H3/t11-/m0/s1. The van der Waals surface area contributed by atoms with Crippen molar-refractivity contribution in [2.45, 2.75) is 23.7 Å². The molecule has 116 valence electrons. The molecule has 2 aromatic heterocycles. The predicted molar refractivity (Wildman–Crippen MR) is 81.8 cm³/mol. The molecule has 21 heavy (non-hydrogen) atoms. The highest BCUT2D eigenvalue weighted by Gasteiger charge is 2.17. The van der Waals surface area contributed by atoms with Gasteiger partial charge >= 0.3 is 0 Å². The van der Waals surface area contributed by atoms with Crippen LogP contribution in [0.3, 0.4) is 0 Å². The number of hydrogen-bond acceptors (Lipinski definition) is 5. The van der Waals surface area contributed by atoms with Crippen LogP contribution in [0.25, 0.3) is 0 Å². The zero-order valence-corrected chi connectivity index (χ0v) is 13.4. The fourth-order valence-corrected chi connectivity index (χ4v) is 3.90. The minimum Gasteiger partial charge on any atom is -0.396 e. The van der Waals surface area contributed by atoms with Crippen LogP contribution in [0.1, 0.15) is 24.3 Å². The number of rotatable bonds is 8. The van der Waals surface area contributed by atoms with Crippen molar-refractivity contribution in [2.75, 3.05) is 13.2 Å². The number of aliphatic hydroxyl groups is 1. The molecule has 0 amide bonds. The maximum absolute atomic E-state index is 12.1. The van der Waals surface area contributed by atoms with E-state index in [2.05, 4.69) is 9.82 Å². The first-order chi connectivity index (χ1) is 10.0. The monoisotopic (exact) mass is 329 g/mol. The molecule has 0 aromatic carbocycles. The Bertz CT molecular complexity index is 650. The molecule has 0 aliphatic rings. The zero-order chi connectivity index (χ0) is 15.3. The highest BCUT2D eigenvalue weighted by Crippen LogP contribution is 2.25. The molecule has 2 rings (SSSR count). The topological polar surface area (TPSA) is 84.2 Å². The van der Waals surface area contributed by atoms with Crippen LogP contribution in [0.5, 0.6) is 0 Å². The van der Waals surface area contributed by atoms with Crippen molar-refractivity contribution in [1.29, 1.82) is 0 Å². The van der Waals surface area contributed by atoms with Gasteiger partial charge in [-0.05, 0) is 41.1 Å². The number of aryl methyl sites for hydroxylation is 1. The molecule has 0 unspecified atom stereocenters. The van der Waals surface area contributed by atoms with E-state index in [9.17, 15) is 8.42 Å². The van der Waals surface area contributed by atoms with Crippen molar-refractivity contribution in [3.05, 3.63) is 34.8 Å². The summed E-state index contributed by atoms with van der Waals surface area (Å²) in [5.74, 6) is 0.165. The molecule has 0 spiro atoms. The van der Waals surface area contributed by atoms with Crippen LogP contribution in [0, 0.1) is 0 Å². The van der Waals surface area contributed by atoms with E-state index in [4.69, 9.17) is 5.11 Å². The lowest BCUT2D eigenvalue weighted by Crippen LogP contribution is -2.25. The van der Waals surface area contributed by atoms with Gasteiger partial charge in [-0.3, -0.25) is 4.68 Å². The van der Waals surface area contributed by atoms with E-state index in [1.165, 1.54) is 17.1 Å². The first kappa shape index (κ1) is 16.2. The number of sulfonamides is 1. The molecule has 0 aliphatic heterocycles. The van der Waals surface area contributed by atoms with E-state index in [1.807, 2.05) is 16.8 Å². The van der Waals surface area contributed by atoms with Gasteiger partial charge in [0.1, 0.15) is 4.90 Å². The SMILES string of the molecule is Cn1cc(S(=O)(=O)NCC[C@@H](CCO)c2ccsc2)cn1. The average Bonchev–Trinajstić information content (AvgIpc) is 3.08. The minimum atomic E-state index is -3.51. The Morgan fingerprint density at radius 3 is 2.86 bits per heavy atom. The van der Waals surface area contributed by atoms with Gasteiger partial charge in [0.25, 0.3) is 0 Å². The molecule has 0 fully saturated rings. The highest BCUT2D eigenvalue weighted by atomic mass is 32.2. The Morgan fingerprint density at radius 1 is 1.48 bits per heavy atom. The van der Waals surface area contributed by atoms with Gasteiger partial charge in [-0.2, -0.15) is 16.4 Å². The number of thiophene rings is 1. The quantitative estimate of drug-likeness (QED) is 0.765. The molecular formula is C13H19N3O3S2. The van der Waals surface area contributed by atoms with E-state index < -0.39 is 10.0 Å². The van der Waals surface area contributed by atoms with Crippen molar-refractivity contribution in [3.63, 3.8) is 0 Å². The van der Waals surface area contributed by atoms with Gasteiger partial charge in [-0.1, -0.05) is 0 Å². The summed E-state index contributed by atoms with van der Waals surface area (Å²) < 4.78 is 28.2. The van der Waals surface area contributed by atoms with Crippen LogP contribution in [0.15, 0.2) is 34.1 Å². The molecule has 2 heterocycles. The molecule has 0 radical (unpaired) electrons. The smallest absolute Gasteiger partial charge is 0.243 e. The van der Waals surface area contributed by atoms with Crippen molar-refractivity contribution in [1.82, 2.24) is 14.5 Å². The number of nitrogens with one attached hydrogen (secondary N) is 1.